The van der Waals surface area contributed by atoms with Gasteiger partial charge in [0.05, 0.1) is 5.69 Å². The van der Waals surface area contributed by atoms with E-state index in [1.807, 2.05) is 50.2 Å². The monoisotopic (exact) mass is 327 g/mol. The highest BCUT2D eigenvalue weighted by atomic mass is 35.5. The molecule has 0 aliphatic rings. The van der Waals surface area contributed by atoms with Crippen molar-refractivity contribution in [1.82, 2.24) is 20.0 Å². The van der Waals surface area contributed by atoms with Crippen molar-refractivity contribution >= 4 is 17.4 Å². The van der Waals surface area contributed by atoms with Crippen molar-refractivity contribution in [3.63, 3.8) is 0 Å². The quantitative estimate of drug-likeness (QED) is 0.778. The van der Waals surface area contributed by atoms with E-state index in [-0.39, 0.29) is 0 Å². The van der Waals surface area contributed by atoms with E-state index in [0.29, 0.717) is 0 Å². The molecule has 1 N–H and O–H groups in total. The maximum atomic E-state index is 5.98. The minimum Gasteiger partial charge on any atom is -0.368 e. The average molecular weight is 328 g/mol. The van der Waals surface area contributed by atoms with E-state index in [1.54, 1.807) is 4.68 Å². The van der Waals surface area contributed by atoms with E-state index >= 15 is 0 Å². The molecular weight excluding hydrogens is 310 g/mol. The van der Waals surface area contributed by atoms with Crippen LogP contribution in [-0.4, -0.2) is 26.5 Å². The molecule has 0 fully saturated rings. The topological polar surface area (TPSA) is 55.6 Å². The molecule has 2 aromatic heterocycles. The first-order chi connectivity index (χ1) is 11.1. The Kier molecular flexibility index (Phi) is 4.57. The summed E-state index contributed by atoms with van der Waals surface area (Å²) in [5.74, 6) is 1.47. The fraction of sp³-hybridized carbons (Fsp3) is 0.235. The Morgan fingerprint density at radius 1 is 1.09 bits per heavy atom. The molecule has 0 aliphatic heterocycles. The molecule has 0 amide bonds. The zero-order valence-corrected chi connectivity index (χ0v) is 13.9. The summed E-state index contributed by atoms with van der Waals surface area (Å²) in [6.45, 7) is 4.73. The van der Waals surface area contributed by atoms with Crippen molar-refractivity contribution in [3.05, 3.63) is 64.4 Å². The molecule has 23 heavy (non-hydrogen) atoms. The number of benzene rings is 1. The van der Waals surface area contributed by atoms with Crippen LogP contribution in [0.4, 0.5) is 5.82 Å². The van der Waals surface area contributed by atoms with Crippen LogP contribution in [0, 0.1) is 13.8 Å². The number of anilines is 1. The van der Waals surface area contributed by atoms with Crippen LogP contribution in [0.5, 0.6) is 0 Å². The van der Waals surface area contributed by atoms with Crippen molar-refractivity contribution in [2.24, 2.45) is 0 Å². The maximum absolute atomic E-state index is 5.98. The van der Waals surface area contributed by atoms with Crippen molar-refractivity contribution in [2.45, 2.75) is 20.3 Å². The number of aromatic nitrogens is 4. The smallest absolute Gasteiger partial charge is 0.176 e. The zero-order valence-electron chi connectivity index (χ0n) is 13.1. The van der Waals surface area contributed by atoms with Crippen molar-refractivity contribution in [2.75, 3.05) is 11.9 Å². The first-order valence-electron chi connectivity index (χ1n) is 7.47. The van der Waals surface area contributed by atoms with Gasteiger partial charge in [-0.3, -0.25) is 0 Å². The molecule has 0 aliphatic carbocycles. The Labute approximate surface area is 140 Å². The summed E-state index contributed by atoms with van der Waals surface area (Å²) in [5.41, 5.74) is 3.20. The summed E-state index contributed by atoms with van der Waals surface area (Å²) in [6.07, 6.45) is 0.876. The van der Waals surface area contributed by atoms with Crippen molar-refractivity contribution in [3.8, 4) is 5.82 Å². The predicted octanol–water partition coefficient (Wildman–Crippen LogP) is 3.59. The molecule has 0 atom stereocenters. The summed E-state index contributed by atoms with van der Waals surface area (Å²) >= 11 is 5.98. The van der Waals surface area contributed by atoms with E-state index in [1.165, 1.54) is 5.56 Å². The molecule has 5 nitrogen and oxygen atoms in total. The molecule has 3 aromatic rings. The fourth-order valence-electron chi connectivity index (χ4n) is 2.42. The van der Waals surface area contributed by atoms with Crippen LogP contribution in [-0.2, 0) is 6.42 Å². The molecule has 1 aromatic carbocycles. The van der Waals surface area contributed by atoms with Gasteiger partial charge in [0, 0.05) is 17.3 Å². The van der Waals surface area contributed by atoms with Crippen LogP contribution in [0.15, 0.2) is 42.5 Å². The molecule has 0 spiro atoms. The Hall–Kier alpha value is -2.40. The second-order valence-corrected chi connectivity index (χ2v) is 5.86. The third-order valence-corrected chi connectivity index (χ3v) is 3.72. The Morgan fingerprint density at radius 2 is 1.96 bits per heavy atom. The lowest BCUT2D eigenvalue weighted by molar-refractivity contribution is 0.781. The van der Waals surface area contributed by atoms with E-state index in [4.69, 9.17) is 11.6 Å². The molecule has 3 rings (SSSR count). The SMILES string of the molecule is Cc1cc(C)n(-c2ccc(NCCc3cccc(Cl)c3)nn2)n1. The van der Waals surface area contributed by atoms with E-state index in [2.05, 4.69) is 26.7 Å². The zero-order chi connectivity index (χ0) is 16.2. The van der Waals surface area contributed by atoms with Gasteiger partial charge in [0.2, 0.25) is 0 Å². The van der Waals surface area contributed by atoms with Gasteiger partial charge in [0.25, 0.3) is 0 Å². The average Bonchev–Trinajstić information content (AvgIpc) is 2.87. The second-order valence-electron chi connectivity index (χ2n) is 5.42. The van der Waals surface area contributed by atoms with Crippen molar-refractivity contribution < 1.29 is 0 Å². The van der Waals surface area contributed by atoms with Gasteiger partial charge in [0.15, 0.2) is 5.82 Å². The lowest BCUT2D eigenvalue weighted by atomic mass is 10.1. The second kappa shape index (κ2) is 6.79. The van der Waals surface area contributed by atoms with Gasteiger partial charge >= 0.3 is 0 Å². The Balaban J connectivity index is 1.60. The van der Waals surface area contributed by atoms with Gasteiger partial charge in [-0.2, -0.15) is 5.10 Å². The summed E-state index contributed by atoms with van der Waals surface area (Å²) in [5, 5.41) is 16.9. The summed E-state index contributed by atoms with van der Waals surface area (Å²) in [4.78, 5) is 0. The minimum atomic E-state index is 0.719. The molecule has 2 heterocycles. The number of halogens is 1. The summed E-state index contributed by atoms with van der Waals surface area (Å²) in [6, 6.07) is 13.7. The number of aryl methyl sites for hydroxylation is 2. The van der Waals surface area contributed by atoms with Gasteiger partial charge < -0.3 is 5.32 Å². The van der Waals surface area contributed by atoms with Gasteiger partial charge in [-0.05, 0) is 56.2 Å². The molecule has 0 radical (unpaired) electrons. The van der Waals surface area contributed by atoms with Crippen LogP contribution in [0.3, 0.4) is 0 Å². The molecule has 0 saturated heterocycles. The van der Waals surface area contributed by atoms with Crippen molar-refractivity contribution in [1.29, 1.82) is 0 Å². The van der Waals surface area contributed by atoms with Crippen LogP contribution in [0.2, 0.25) is 5.02 Å². The van der Waals surface area contributed by atoms with Crippen LogP contribution < -0.4 is 5.32 Å². The summed E-state index contributed by atoms with van der Waals surface area (Å²) < 4.78 is 1.79. The van der Waals surface area contributed by atoms with Gasteiger partial charge in [-0.15, -0.1) is 10.2 Å². The lowest BCUT2D eigenvalue weighted by Gasteiger charge is -2.07. The number of hydrogen-bond acceptors (Lipinski definition) is 4. The highest BCUT2D eigenvalue weighted by Gasteiger charge is 2.05. The van der Waals surface area contributed by atoms with E-state index in [9.17, 15) is 0 Å². The van der Waals surface area contributed by atoms with Crippen LogP contribution in [0.1, 0.15) is 17.0 Å². The van der Waals surface area contributed by atoms with Gasteiger partial charge in [-0.25, -0.2) is 4.68 Å². The number of nitrogens with one attached hydrogen (secondary N) is 1. The fourth-order valence-corrected chi connectivity index (χ4v) is 2.63. The van der Waals surface area contributed by atoms with Crippen LogP contribution >= 0.6 is 11.6 Å². The van der Waals surface area contributed by atoms with E-state index in [0.717, 1.165) is 41.0 Å². The molecular formula is C17H18ClN5. The molecule has 0 saturated carbocycles. The summed E-state index contributed by atoms with van der Waals surface area (Å²) in [7, 11) is 0. The lowest BCUT2D eigenvalue weighted by Crippen LogP contribution is -2.09. The number of nitrogens with zero attached hydrogens (tertiary/aromatic N) is 4. The first-order valence-corrected chi connectivity index (χ1v) is 7.85. The molecule has 0 bridgehead atoms. The number of rotatable bonds is 5. The Morgan fingerprint density at radius 3 is 2.61 bits per heavy atom. The van der Waals surface area contributed by atoms with Crippen LogP contribution in [0.25, 0.3) is 5.82 Å². The third kappa shape index (κ3) is 3.87. The normalized spacial score (nSPS) is 10.7. The molecule has 6 heteroatoms. The van der Waals surface area contributed by atoms with E-state index < -0.39 is 0 Å². The minimum absolute atomic E-state index is 0.719. The number of hydrogen-bond donors (Lipinski definition) is 1. The standard InChI is InChI=1S/C17H18ClN5/c1-12-10-13(2)23(22-12)17-7-6-16(20-21-17)19-9-8-14-4-3-5-15(18)11-14/h3-7,10-11H,8-9H2,1-2H3,(H,19,20). The predicted molar refractivity (Wildman–Crippen MR) is 92.3 cm³/mol. The third-order valence-electron chi connectivity index (χ3n) is 3.49. The Bertz CT molecular complexity index is 795. The molecule has 118 valence electrons. The highest BCUT2D eigenvalue weighted by Crippen LogP contribution is 2.12. The van der Waals surface area contributed by atoms with Gasteiger partial charge in [-0.1, -0.05) is 23.7 Å². The largest absolute Gasteiger partial charge is 0.368 e. The first kappa shape index (κ1) is 15.5. The maximum Gasteiger partial charge on any atom is 0.176 e. The van der Waals surface area contributed by atoms with Gasteiger partial charge in [0.1, 0.15) is 5.82 Å². The highest BCUT2D eigenvalue weighted by molar-refractivity contribution is 6.30. The molecule has 0 unspecified atom stereocenters.